The van der Waals surface area contributed by atoms with Gasteiger partial charge in [-0.15, -0.1) is 0 Å². The van der Waals surface area contributed by atoms with Gasteiger partial charge in [0, 0.05) is 6.20 Å². The van der Waals surface area contributed by atoms with Crippen molar-refractivity contribution in [2.24, 2.45) is 0 Å². The van der Waals surface area contributed by atoms with Crippen molar-refractivity contribution in [3.05, 3.63) is 24.0 Å². The number of rotatable bonds is 3. The van der Waals surface area contributed by atoms with Crippen molar-refractivity contribution in [2.75, 3.05) is 0 Å². The molecule has 1 aliphatic carbocycles. The molecule has 4 nitrogen and oxygen atoms in total. The number of carboxylic acid groups (broad SMARTS) is 1. The Labute approximate surface area is 101 Å². The molecule has 0 bridgehead atoms. The molecule has 1 aliphatic rings. The average molecular weight is 235 g/mol. The Morgan fingerprint density at radius 1 is 1.29 bits per heavy atom. The van der Waals surface area contributed by atoms with Gasteiger partial charge >= 0.3 is 5.97 Å². The molecule has 0 saturated heterocycles. The van der Waals surface area contributed by atoms with Crippen LogP contribution in [0.2, 0.25) is 0 Å². The van der Waals surface area contributed by atoms with Crippen LogP contribution in [0.3, 0.4) is 0 Å². The molecule has 1 saturated carbocycles. The van der Waals surface area contributed by atoms with Gasteiger partial charge in [0.15, 0.2) is 11.4 Å². The summed E-state index contributed by atoms with van der Waals surface area (Å²) < 4.78 is 5.78. The Kier molecular flexibility index (Phi) is 3.96. The number of carbonyl (C=O) groups is 1. The second kappa shape index (κ2) is 5.66. The molecule has 0 radical (unpaired) electrons. The highest BCUT2D eigenvalue weighted by molar-refractivity contribution is 5.88. The highest BCUT2D eigenvalue weighted by Crippen LogP contribution is 2.24. The van der Waals surface area contributed by atoms with Crippen LogP contribution in [0.5, 0.6) is 5.75 Å². The Morgan fingerprint density at radius 2 is 2.00 bits per heavy atom. The van der Waals surface area contributed by atoms with Gasteiger partial charge in [-0.05, 0) is 37.8 Å². The van der Waals surface area contributed by atoms with E-state index >= 15 is 0 Å². The molecule has 1 aromatic rings. The first kappa shape index (κ1) is 11.9. The molecule has 2 rings (SSSR count). The number of carboxylic acids is 1. The van der Waals surface area contributed by atoms with Gasteiger partial charge in [-0.2, -0.15) is 0 Å². The van der Waals surface area contributed by atoms with Gasteiger partial charge in [0.25, 0.3) is 0 Å². The van der Waals surface area contributed by atoms with Crippen molar-refractivity contribution in [1.82, 2.24) is 4.98 Å². The van der Waals surface area contributed by atoms with E-state index < -0.39 is 5.97 Å². The fraction of sp³-hybridized carbons (Fsp3) is 0.538. The van der Waals surface area contributed by atoms with Gasteiger partial charge in [-0.25, -0.2) is 9.78 Å². The van der Waals surface area contributed by atoms with Crippen LogP contribution in [0.4, 0.5) is 0 Å². The second-order valence-corrected chi connectivity index (χ2v) is 4.39. The molecule has 0 unspecified atom stereocenters. The lowest BCUT2D eigenvalue weighted by Gasteiger charge is -2.17. The normalized spacial score (nSPS) is 17.4. The molecule has 17 heavy (non-hydrogen) atoms. The van der Waals surface area contributed by atoms with Crippen molar-refractivity contribution >= 4 is 5.97 Å². The molecule has 1 aromatic heterocycles. The first-order valence-corrected chi connectivity index (χ1v) is 6.12. The predicted molar refractivity (Wildman–Crippen MR) is 63.3 cm³/mol. The topological polar surface area (TPSA) is 59.4 Å². The molecule has 1 heterocycles. The summed E-state index contributed by atoms with van der Waals surface area (Å²) in [6, 6.07) is 3.39. The lowest BCUT2D eigenvalue weighted by atomic mass is 10.1. The van der Waals surface area contributed by atoms with Crippen molar-refractivity contribution in [1.29, 1.82) is 0 Å². The third kappa shape index (κ3) is 3.19. The first-order valence-electron chi connectivity index (χ1n) is 6.12. The molecule has 1 fully saturated rings. The van der Waals surface area contributed by atoms with Crippen LogP contribution in [-0.4, -0.2) is 22.2 Å². The van der Waals surface area contributed by atoms with Gasteiger partial charge in [-0.3, -0.25) is 0 Å². The van der Waals surface area contributed by atoms with Gasteiger partial charge in [0.1, 0.15) is 0 Å². The summed E-state index contributed by atoms with van der Waals surface area (Å²) in [7, 11) is 0. The minimum Gasteiger partial charge on any atom is -0.488 e. The van der Waals surface area contributed by atoms with E-state index in [-0.39, 0.29) is 11.8 Å². The summed E-state index contributed by atoms with van der Waals surface area (Å²) in [5.74, 6) is -0.638. The SMILES string of the molecule is O=C(O)c1ncccc1OC1CCCCCC1. The Hall–Kier alpha value is -1.58. The molecular formula is C13H17NO3. The standard InChI is InChI=1S/C13H17NO3/c15-13(16)12-11(8-5-9-14-12)17-10-6-3-1-2-4-7-10/h5,8-10H,1-4,6-7H2,(H,15,16). The fourth-order valence-corrected chi connectivity index (χ4v) is 2.19. The number of nitrogens with zero attached hydrogens (tertiary/aromatic N) is 1. The number of pyridine rings is 1. The van der Waals surface area contributed by atoms with E-state index in [0.29, 0.717) is 5.75 Å². The van der Waals surface area contributed by atoms with E-state index in [4.69, 9.17) is 9.84 Å². The predicted octanol–water partition coefficient (Wildman–Crippen LogP) is 2.88. The van der Waals surface area contributed by atoms with Gasteiger partial charge in [0.2, 0.25) is 0 Å². The van der Waals surface area contributed by atoms with Crippen LogP contribution in [0, 0.1) is 0 Å². The number of aromatic carboxylic acids is 1. The fourth-order valence-electron chi connectivity index (χ4n) is 2.19. The van der Waals surface area contributed by atoms with Crippen molar-refractivity contribution in [2.45, 2.75) is 44.6 Å². The van der Waals surface area contributed by atoms with E-state index in [1.807, 2.05) is 0 Å². The molecule has 0 spiro atoms. The average Bonchev–Trinajstić information content (AvgIpc) is 2.58. The first-order chi connectivity index (χ1) is 8.27. The van der Waals surface area contributed by atoms with Crippen molar-refractivity contribution < 1.29 is 14.6 Å². The summed E-state index contributed by atoms with van der Waals surface area (Å²) in [4.78, 5) is 14.8. The van der Waals surface area contributed by atoms with Crippen LogP contribution >= 0.6 is 0 Å². The van der Waals surface area contributed by atoms with Crippen LogP contribution < -0.4 is 4.74 Å². The summed E-state index contributed by atoms with van der Waals surface area (Å²) in [5, 5.41) is 9.01. The molecule has 0 amide bonds. The molecule has 0 aliphatic heterocycles. The van der Waals surface area contributed by atoms with Gasteiger partial charge < -0.3 is 9.84 Å². The number of hydrogen-bond donors (Lipinski definition) is 1. The quantitative estimate of drug-likeness (QED) is 0.818. The molecule has 4 heteroatoms. The maximum Gasteiger partial charge on any atom is 0.358 e. The molecule has 0 atom stereocenters. The van der Waals surface area contributed by atoms with E-state index in [9.17, 15) is 4.79 Å². The highest BCUT2D eigenvalue weighted by Gasteiger charge is 2.18. The molecule has 1 N–H and O–H groups in total. The van der Waals surface area contributed by atoms with Crippen LogP contribution in [0.15, 0.2) is 18.3 Å². The second-order valence-electron chi connectivity index (χ2n) is 4.39. The monoisotopic (exact) mass is 235 g/mol. The summed E-state index contributed by atoms with van der Waals surface area (Å²) in [6.45, 7) is 0. The van der Waals surface area contributed by atoms with E-state index in [1.165, 1.54) is 19.0 Å². The summed E-state index contributed by atoms with van der Waals surface area (Å²) in [5.41, 5.74) is 0.0109. The smallest absolute Gasteiger partial charge is 0.358 e. The van der Waals surface area contributed by atoms with E-state index in [0.717, 1.165) is 25.7 Å². The maximum atomic E-state index is 11.0. The van der Waals surface area contributed by atoms with E-state index in [2.05, 4.69) is 4.98 Å². The van der Waals surface area contributed by atoms with Crippen LogP contribution in [0.25, 0.3) is 0 Å². The highest BCUT2D eigenvalue weighted by atomic mass is 16.5. The Morgan fingerprint density at radius 3 is 2.65 bits per heavy atom. The zero-order valence-corrected chi connectivity index (χ0v) is 9.76. The third-order valence-corrected chi connectivity index (χ3v) is 3.07. The number of ether oxygens (including phenoxy) is 1. The van der Waals surface area contributed by atoms with Crippen molar-refractivity contribution in [3.8, 4) is 5.75 Å². The number of aromatic nitrogens is 1. The van der Waals surface area contributed by atoms with Crippen molar-refractivity contribution in [3.63, 3.8) is 0 Å². The largest absolute Gasteiger partial charge is 0.488 e. The van der Waals surface area contributed by atoms with E-state index in [1.54, 1.807) is 12.1 Å². The Balaban J connectivity index is 2.09. The van der Waals surface area contributed by atoms with Crippen LogP contribution in [-0.2, 0) is 0 Å². The Bertz CT molecular complexity index is 384. The zero-order valence-electron chi connectivity index (χ0n) is 9.76. The minimum atomic E-state index is -1.03. The minimum absolute atomic E-state index is 0.0109. The molecular weight excluding hydrogens is 218 g/mol. The lowest BCUT2D eigenvalue weighted by molar-refractivity contribution is 0.0680. The van der Waals surface area contributed by atoms with Crippen LogP contribution in [0.1, 0.15) is 49.0 Å². The zero-order chi connectivity index (χ0) is 12.1. The van der Waals surface area contributed by atoms with Gasteiger partial charge in [-0.1, -0.05) is 12.8 Å². The lowest BCUT2D eigenvalue weighted by Crippen LogP contribution is -2.17. The number of hydrogen-bond acceptors (Lipinski definition) is 3. The summed E-state index contributed by atoms with van der Waals surface area (Å²) in [6.07, 6.45) is 8.45. The maximum absolute atomic E-state index is 11.0. The molecule has 0 aromatic carbocycles. The summed E-state index contributed by atoms with van der Waals surface area (Å²) >= 11 is 0. The molecule has 92 valence electrons. The third-order valence-electron chi connectivity index (χ3n) is 3.07. The van der Waals surface area contributed by atoms with Gasteiger partial charge in [0.05, 0.1) is 6.10 Å².